The molecule has 2 rings (SSSR count). The molecule has 0 amide bonds. The van der Waals surface area contributed by atoms with E-state index in [4.69, 9.17) is 4.74 Å². The summed E-state index contributed by atoms with van der Waals surface area (Å²) in [6.07, 6.45) is 0.698. The van der Waals surface area contributed by atoms with Crippen LogP contribution in [0.1, 0.15) is 21.5 Å². The lowest BCUT2D eigenvalue weighted by atomic mass is 10.1. The number of aldehydes is 1. The predicted molar refractivity (Wildman–Crippen MR) is 74.5 cm³/mol. The highest BCUT2D eigenvalue weighted by atomic mass is 16.6. The Morgan fingerprint density at radius 1 is 1.20 bits per heavy atom. The number of carbonyl (C=O) groups is 1. The summed E-state index contributed by atoms with van der Waals surface area (Å²) in [7, 11) is 0. The third-order valence-electron chi connectivity index (χ3n) is 2.81. The van der Waals surface area contributed by atoms with Gasteiger partial charge in [-0.2, -0.15) is 0 Å². The van der Waals surface area contributed by atoms with Gasteiger partial charge in [-0.1, -0.05) is 18.2 Å². The van der Waals surface area contributed by atoms with Crippen LogP contribution in [0.25, 0.3) is 0 Å². The third kappa shape index (κ3) is 2.83. The lowest BCUT2D eigenvalue weighted by molar-refractivity contribution is -0.385. The molecule has 0 aliphatic carbocycles. The van der Waals surface area contributed by atoms with E-state index in [0.29, 0.717) is 23.2 Å². The summed E-state index contributed by atoms with van der Waals surface area (Å²) >= 11 is 0. The van der Waals surface area contributed by atoms with Gasteiger partial charge in [-0.05, 0) is 37.1 Å². The SMILES string of the molecule is Cc1cc(C)c(Oc2cccc(C=O)c2)c([N+](=O)[O-])c1. The molecule has 102 valence electrons. The lowest BCUT2D eigenvalue weighted by Crippen LogP contribution is -1.97. The minimum atomic E-state index is -0.473. The Hall–Kier alpha value is -2.69. The summed E-state index contributed by atoms with van der Waals surface area (Å²) < 4.78 is 5.60. The molecule has 0 aliphatic rings. The van der Waals surface area contributed by atoms with E-state index in [2.05, 4.69) is 0 Å². The Balaban J connectivity index is 2.47. The van der Waals surface area contributed by atoms with Crippen molar-refractivity contribution in [3.05, 3.63) is 63.2 Å². The minimum Gasteiger partial charge on any atom is -0.450 e. The maximum Gasteiger partial charge on any atom is 0.312 e. The second-order valence-corrected chi connectivity index (χ2v) is 4.48. The van der Waals surface area contributed by atoms with Gasteiger partial charge in [0.25, 0.3) is 0 Å². The summed E-state index contributed by atoms with van der Waals surface area (Å²) in [5, 5.41) is 11.1. The summed E-state index contributed by atoms with van der Waals surface area (Å²) in [6.45, 7) is 3.54. The molecule has 0 aromatic heterocycles. The first-order valence-electron chi connectivity index (χ1n) is 6.00. The molecule has 0 N–H and O–H groups in total. The monoisotopic (exact) mass is 271 g/mol. The van der Waals surface area contributed by atoms with E-state index < -0.39 is 4.92 Å². The van der Waals surface area contributed by atoms with Crippen LogP contribution in [0.5, 0.6) is 11.5 Å². The molecule has 0 unspecified atom stereocenters. The molecule has 0 saturated carbocycles. The molecule has 5 nitrogen and oxygen atoms in total. The zero-order valence-electron chi connectivity index (χ0n) is 11.1. The van der Waals surface area contributed by atoms with Crippen LogP contribution in [0, 0.1) is 24.0 Å². The van der Waals surface area contributed by atoms with Crippen LogP contribution in [-0.2, 0) is 0 Å². The van der Waals surface area contributed by atoms with Crippen LogP contribution in [0.4, 0.5) is 5.69 Å². The van der Waals surface area contributed by atoms with E-state index in [0.717, 1.165) is 5.56 Å². The molecule has 0 saturated heterocycles. The second kappa shape index (κ2) is 5.52. The lowest BCUT2D eigenvalue weighted by Gasteiger charge is -2.10. The number of ether oxygens (including phenoxy) is 1. The first-order valence-corrected chi connectivity index (χ1v) is 6.00. The molecule has 0 bridgehead atoms. The Morgan fingerprint density at radius 2 is 1.95 bits per heavy atom. The molecule has 0 fully saturated rings. The largest absolute Gasteiger partial charge is 0.450 e. The van der Waals surface area contributed by atoms with Crippen LogP contribution >= 0.6 is 0 Å². The maximum atomic E-state index is 11.1. The van der Waals surface area contributed by atoms with Crippen molar-refractivity contribution >= 4 is 12.0 Å². The van der Waals surface area contributed by atoms with Crippen molar-refractivity contribution in [2.24, 2.45) is 0 Å². The van der Waals surface area contributed by atoms with E-state index >= 15 is 0 Å². The number of carbonyl (C=O) groups excluding carboxylic acids is 1. The van der Waals surface area contributed by atoms with Crippen molar-refractivity contribution in [2.75, 3.05) is 0 Å². The van der Waals surface area contributed by atoms with Gasteiger partial charge in [0.05, 0.1) is 4.92 Å². The molecular formula is C15H13NO4. The first-order chi connectivity index (χ1) is 9.51. The van der Waals surface area contributed by atoms with E-state index in [-0.39, 0.29) is 11.4 Å². The number of nitrogens with zero attached hydrogens (tertiary/aromatic N) is 1. The molecule has 20 heavy (non-hydrogen) atoms. The number of hydrogen-bond acceptors (Lipinski definition) is 4. The van der Waals surface area contributed by atoms with Crippen LogP contribution in [0.2, 0.25) is 0 Å². The van der Waals surface area contributed by atoms with Gasteiger partial charge in [-0.3, -0.25) is 14.9 Å². The fourth-order valence-corrected chi connectivity index (χ4v) is 1.97. The fraction of sp³-hybridized carbons (Fsp3) is 0.133. The Bertz CT molecular complexity index is 680. The number of hydrogen-bond donors (Lipinski definition) is 0. The van der Waals surface area contributed by atoms with Crippen molar-refractivity contribution in [1.29, 1.82) is 0 Å². The molecule has 0 heterocycles. The van der Waals surface area contributed by atoms with Gasteiger partial charge in [0.2, 0.25) is 5.75 Å². The van der Waals surface area contributed by atoms with Crippen molar-refractivity contribution in [3.8, 4) is 11.5 Å². The Kier molecular flexibility index (Phi) is 3.79. The predicted octanol–water partition coefficient (Wildman–Crippen LogP) is 3.82. The highest BCUT2D eigenvalue weighted by molar-refractivity contribution is 5.75. The molecule has 0 spiro atoms. The van der Waals surface area contributed by atoms with E-state index in [1.54, 1.807) is 32.0 Å². The third-order valence-corrected chi connectivity index (χ3v) is 2.81. The van der Waals surface area contributed by atoms with Crippen molar-refractivity contribution in [1.82, 2.24) is 0 Å². The van der Waals surface area contributed by atoms with Gasteiger partial charge in [-0.15, -0.1) is 0 Å². The first kappa shape index (κ1) is 13.7. The highest BCUT2D eigenvalue weighted by Crippen LogP contribution is 2.35. The smallest absolute Gasteiger partial charge is 0.312 e. The maximum absolute atomic E-state index is 11.1. The van der Waals surface area contributed by atoms with Crippen LogP contribution in [0.3, 0.4) is 0 Å². The number of nitro benzene ring substituents is 1. The van der Waals surface area contributed by atoms with Crippen molar-refractivity contribution < 1.29 is 14.5 Å². The summed E-state index contributed by atoms with van der Waals surface area (Å²) in [5.41, 5.74) is 1.84. The quantitative estimate of drug-likeness (QED) is 0.481. The van der Waals surface area contributed by atoms with Gasteiger partial charge in [0.1, 0.15) is 12.0 Å². The van der Waals surface area contributed by atoms with E-state index in [1.165, 1.54) is 12.1 Å². The number of rotatable bonds is 4. The van der Waals surface area contributed by atoms with Gasteiger partial charge in [-0.25, -0.2) is 0 Å². The average Bonchev–Trinajstić information content (AvgIpc) is 2.41. The molecule has 2 aromatic carbocycles. The topological polar surface area (TPSA) is 69.4 Å². The van der Waals surface area contributed by atoms with E-state index in [1.807, 2.05) is 6.07 Å². The molecule has 0 aliphatic heterocycles. The Labute approximate surface area is 116 Å². The van der Waals surface area contributed by atoms with Gasteiger partial charge >= 0.3 is 5.69 Å². The number of nitro groups is 1. The van der Waals surface area contributed by atoms with Crippen molar-refractivity contribution in [2.45, 2.75) is 13.8 Å². The van der Waals surface area contributed by atoms with Gasteiger partial charge < -0.3 is 4.74 Å². The summed E-state index contributed by atoms with van der Waals surface area (Å²) in [4.78, 5) is 21.4. The molecular weight excluding hydrogens is 258 g/mol. The van der Waals surface area contributed by atoms with Crippen molar-refractivity contribution in [3.63, 3.8) is 0 Å². The standard InChI is InChI=1S/C15H13NO4/c1-10-6-11(2)15(14(7-10)16(18)19)20-13-5-3-4-12(8-13)9-17/h3-9H,1-2H3. The Morgan fingerprint density at radius 3 is 2.60 bits per heavy atom. The summed E-state index contributed by atoms with van der Waals surface area (Å²) in [6, 6.07) is 9.76. The number of aryl methyl sites for hydroxylation is 2. The summed E-state index contributed by atoms with van der Waals surface area (Å²) in [5.74, 6) is 0.591. The average molecular weight is 271 g/mol. The van der Waals surface area contributed by atoms with Crippen LogP contribution in [-0.4, -0.2) is 11.2 Å². The van der Waals surface area contributed by atoms with E-state index in [9.17, 15) is 14.9 Å². The molecule has 2 aromatic rings. The van der Waals surface area contributed by atoms with Gasteiger partial charge in [0, 0.05) is 11.6 Å². The molecule has 0 radical (unpaired) electrons. The van der Waals surface area contributed by atoms with Crippen LogP contribution in [0.15, 0.2) is 36.4 Å². The molecule has 5 heteroatoms. The van der Waals surface area contributed by atoms with Gasteiger partial charge in [0.15, 0.2) is 0 Å². The van der Waals surface area contributed by atoms with Crippen LogP contribution < -0.4 is 4.74 Å². The fourth-order valence-electron chi connectivity index (χ4n) is 1.97. The second-order valence-electron chi connectivity index (χ2n) is 4.48. The normalized spacial score (nSPS) is 10.1. The highest BCUT2D eigenvalue weighted by Gasteiger charge is 2.19. The zero-order chi connectivity index (χ0) is 14.7. The number of benzene rings is 2. The zero-order valence-corrected chi connectivity index (χ0v) is 11.1. The molecule has 0 atom stereocenters. The minimum absolute atomic E-state index is 0.0843.